The first-order chi connectivity index (χ1) is 8.66. The van der Waals surface area contributed by atoms with Gasteiger partial charge in [0.25, 0.3) is 0 Å². The molecule has 1 atom stereocenters. The van der Waals surface area contributed by atoms with Crippen LogP contribution in [0, 0.1) is 5.41 Å². The molecule has 0 N–H and O–H groups in total. The van der Waals surface area contributed by atoms with Crippen molar-refractivity contribution in [2.75, 3.05) is 13.2 Å². The second kappa shape index (κ2) is 5.02. The van der Waals surface area contributed by atoms with E-state index < -0.39 is 17.1 Å². The highest BCUT2D eigenvalue weighted by atomic mass is 32.2. The Hall–Kier alpha value is -0.100. The molecule has 1 saturated carbocycles. The molecule has 1 aliphatic carbocycles. The molecule has 2 aliphatic rings. The Labute approximate surface area is 119 Å². The molecule has 1 saturated heterocycles. The minimum atomic E-state index is -1.17. The Kier molecular flexibility index (Phi) is 4.04. The van der Waals surface area contributed by atoms with Crippen LogP contribution in [-0.2, 0) is 20.8 Å². The Balaban J connectivity index is 2.12. The van der Waals surface area contributed by atoms with Crippen LogP contribution < -0.4 is 0 Å². The van der Waals surface area contributed by atoms with Crippen molar-refractivity contribution < 1.29 is 14.0 Å². The molecule has 1 spiro atoms. The molecular formula is C14H25NO3S. The maximum absolute atomic E-state index is 12.1. The summed E-state index contributed by atoms with van der Waals surface area (Å²) in [5.41, 5.74) is 0.908. The van der Waals surface area contributed by atoms with Gasteiger partial charge in [0, 0.05) is 18.3 Å². The summed E-state index contributed by atoms with van der Waals surface area (Å²) in [5.74, 6) is -0.463. The SMILES string of the molecule is CC(C)(C)[S+]([O-])/N=C1/CCC2(OCCO2)C(C)(C)C1. The average molecular weight is 287 g/mol. The highest BCUT2D eigenvalue weighted by molar-refractivity contribution is 7.91. The predicted molar refractivity (Wildman–Crippen MR) is 77.6 cm³/mol. The van der Waals surface area contributed by atoms with Gasteiger partial charge in [0.05, 0.1) is 18.9 Å². The smallest absolute Gasteiger partial charge is 0.174 e. The van der Waals surface area contributed by atoms with Gasteiger partial charge in [-0.3, -0.25) is 0 Å². The minimum Gasteiger partial charge on any atom is -0.591 e. The second-order valence-electron chi connectivity index (χ2n) is 7.03. The highest BCUT2D eigenvalue weighted by Gasteiger charge is 2.53. The molecule has 0 amide bonds. The molecule has 0 aromatic carbocycles. The Morgan fingerprint density at radius 3 is 2.26 bits per heavy atom. The number of hydrogen-bond acceptors (Lipinski definition) is 4. The first-order valence-electron chi connectivity index (χ1n) is 6.93. The van der Waals surface area contributed by atoms with Crippen molar-refractivity contribution in [3.05, 3.63) is 0 Å². The summed E-state index contributed by atoms with van der Waals surface area (Å²) >= 11 is -1.17. The third-order valence-electron chi connectivity index (χ3n) is 3.91. The third kappa shape index (κ3) is 2.99. The molecular weight excluding hydrogens is 262 g/mol. The van der Waals surface area contributed by atoms with Crippen molar-refractivity contribution in [2.45, 2.75) is 64.4 Å². The van der Waals surface area contributed by atoms with E-state index in [-0.39, 0.29) is 10.2 Å². The zero-order chi connectivity index (χ0) is 14.3. The van der Waals surface area contributed by atoms with Crippen LogP contribution in [0.4, 0.5) is 0 Å². The zero-order valence-corrected chi connectivity index (χ0v) is 13.4. The van der Waals surface area contributed by atoms with Crippen LogP contribution in [0.5, 0.6) is 0 Å². The molecule has 0 bridgehead atoms. The summed E-state index contributed by atoms with van der Waals surface area (Å²) < 4.78 is 28.0. The van der Waals surface area contributed by atoms with E-state index in [4.69, 9.17) is 9.47 Å². The summed E-state index contributed by atoms with van der Waals surface area (Å²) in [6.07, 6.45) is 2.40. The van der Waals surface area contributed by atoms with Gasteiger partial charge in [-0.15, -0.1) is 0 Å². The van der Waals surface area contributed by atoms with Crippen molar-refractivity contribution in [1.82, 2.24) is 0 Å². The largest absolute Gasteiger partial charge is 0.591 e. The van der Waals surface area contributed by atoms with E-state index in [1.807, 2.05) is 20.8 Å². The van der Waals surface area contributed by atoms with Gasteiger partial charge in [-0.2, -0.15) is 0 Å². The first-order valence-corrected chi connectivity index (χ1v) is 8.03. The van der Waals surface area contributed by atoms with E-state index in [0.717, 1.165) is 25.0 Å². The van der Waals surface area contributed by atoms with Gasteiger partial charge in [0.1, 0.15) is 16.1 Å². The summed E-state index contributed by atoms with van der Waals surface area (Å²) in [5, 5.41) is 0. The fraction of sp³-hybridized carbons (Fsp3) is 0.929. The molecule has 1 unspecified atom stereocenters. The van der Waals surface area contributed by atoms with Crippen LogP contribution in [0.2, 0.25) is 0 Å². The van der Waals surface area contributed by atoms with Crippen LogP contribution in [0.25, 0.3) is 0 Å². The lowest BCUT2D eigenvalue weighted by atomic mass is 9.71. The number of ether oxygens (including phenoxy) is 2. The van der Waals surface area contributed by atoms with E-state index in [1.165, 1.54) is 0 Å². The van der Waals surface area contributed by atoms with Gasteiger partial charge in [-0.25, -0.2) is 0 Å². The van der Waals surface area contributed by atoms with Gasteiger partial charge < -0.3 is 14.0 Å². The topological polar surface area (TPSA) is 53.9 Å². The quantitative estimate of drug-likeness (QED) is 0.697. The number of hydrogen-bond donors (Lipinski definition) is 0. The monoisotopic (exact) mass is 287 g/mol. The Morgan fingerprint density at radius 1 is 1.21 bits per heavy atom. The maximum Gasteiger partial charge on any atom is 0.174 e. The lowest BCUT2D eigenvalue weighted by Crippen LogP contribution is -2.50. The summed E-state index contributed by atoms with van der Waals surface area (Å²) in [6.45, 7) is 11.5. The highest BCUT2D eigenvalue weighted by Crippen LogP contribution is 2.48. The molecule has 1 heterocycles. The summed E-state index contributed by atoms with van der Waals surface area (Å²) in [6, 6.07) is 0. The van der Waals surface area contributed by atoms with E-state index in [0.29, 0.717) is 13.2 Å². The molecule has 0 radical (unpaired) electrons. The summed E-state index contributed by atoms with van der Waals surface area (Å²) in [7, 11) is 0. The molecule has 1 aliphatic heterocycles. The van der Waals surface area contributed by atoms with Crippen LogP contribution in [0.1, 0.15) is 53.9 Å². The molecule has 4 nitrogen and oxygen atoms in total. The van der Waals surface area contributed by atoms with Gasteiger partial charge in [-0.1, -0.05) is 18.2 Å². The fourth-order valence-corrected chi connectivity index (χ4v) is 3.37. The van der Waals surface area contributed by atoms with E-state index in [2.05, 4.69) is 18.2 Å². The fourth-order valence-electron chi connectivity index (χ4n) is 2.70. The molecule has 0 aromatic heterocycles. The first kappa shape index (κ1) is 15.3. The second-order valence-corrected chi connectivity index (χ2v) is 8.94. The van der Waals surface area contributed by atoms with Crippen molar-refractivity contribution in [2.24, 2.45) is 9.81 Å². The third-order valence-corrected chi connectivity index (χ3v) is 5.38. The van der Waals surface area contributed by atoms with Gasteiger partial charge in [-0.05, 0) is 27.2 Å². The lowest BCUT2D eigenvalue weighted by Gasteiger charge is -2.45. The molecule has 5 heteroatoms. The normalized spacial score (nSPS) is 29.9. The molecule has 110 valence electrons. The van der Waals surface area contributed by atoms with Gasteiger partial charge in [0.2, 0.25) is 0 Å². The molecule has 19 heavy (non-hydrogen) atoms. The van der Waals surface area contributed by atoms with E-state index in [9.17, 15) is 4.55 Å². The van der Waals surface area contributed by atoms with Crippen molar-refractivity contribution in [3.8, 4) is 0 Å². The van der Waals surface area contributed by atoms with Crippen LogP contribution in [0.15, 0.2) is 4.40 Å². The van der Waals surface area contributed by atoms with Crippen molar-refractivity contribution >= 4 is 17.1 Å². The number of nitrogens with zero attached hydrogens (tertiary/aromatic N) is 1. The van der Waals surface area contributed by atoms with Crippen LogP contribution in [-0.4, -0.2) is 34.0 Å². The van der Waals surface area contributed by atoms with Crippen LogP contribution in [0.3, 0.4) is 0 Å². The maximum atomic E-state index is 12.1. The Morgan fingerprint density at radius 2 is 1.79 bits per heavy atom. The van der Waals surface area contributed by atoms with E-state index >= 15 is 0 Å². The predicted octanol–water partition coefficient (Wildman–Crippen LogP) is 2.84. The molecule has 2 fully saturated rings. The summed E-state index contributed by atoms with van der Waals surface area (Å²) in [4.78, 5) is 0. The molecule has 2 rings (SSSR count). The van der Waals surface area contributed by atoms with Crippen molar-refractivity contribution in [1.29, 1.82) is 0 Å². The van der Waals surface area contributed by atoms with E-state index in [1.54, 1.807) is 0 Å². The zero-order valence-electron chi connectivity index (χ0n) is 12.6. The molecule has 0 aromatic rings. The average Bonchev–Trinajstić information content (AvgIpc) is 2.72. The minimum absolute atomic E-state index is 0.122. The van der Waals surface area contributed by atoms with Crippen LogP contribution >= 0.6 is 0 Å². The van der Waals surface area contributed by atoms with Gasteiger partial charge >= 0.3 is 0 Å². The Bertz CT molecular complexity index is 367. The lowest BCUT2D eigenvalue weighted by molar-refractivity contribution is -0.233. The standard InChI is InChI=1S/C14H25NO3S/c1-12(2,3)19(16)15-11-6-7-14(13(4,5)10-11)17-8-9-18-14/h6-10H2,1-5H3/b15-11-. The van der Waals surface area contributed by atoms with Gasteiger partial charge in [0.15, 0.2) is 5.79 Å². The number of rotatable bonds is 1. The van der Waals surface area contributed by atoms with Crippen molar-refractivity contribution in [3.63, 3.8) is 0 Å².